The first-order valence-electron chi connectivity index (χ1n) is 5.15. The summed E-state index contributed by atoms with van der Waals surface area (Å²) in [7, 11) is 0. The molecule has 0 spiro atoms. The lowest BCUT2D eigenvalue weighted by Gasteiger charge is -2.06. The van der Waals surface area contributed by atoms with E-state index in [-0.39, 0.29) is 12.2 Å². The first-order chi connectivity index (χ1) is 8.13. The van der Waals surface area contributed by atoms with Crippen molar-refractivity contribution in [1.29, 1.82) is 0 Å². The van der Waals surface area contributed by atoms with Crippen LogP contribution in [0.2, 0.25) is 0 Å². The molecule has 4 nitrogen and oxygen atoms in total. The van der Waals surface area contributed by atoms with Crippen LogP contribution in [0.4, 0.5) is 0 Å². The molecule has 0 aliphatic carbocycles. The molecule has 2 N–H and O–H groups in total. The highest BCUT2D eigenvalue weighted by molar-refractivity contribution is 7.71. The number of benzene rings is 1. The maximum atomic E-state index is 11.2. The standard InChI is InChI=1S/C12H12N2O2S/c1-8-2-4-10(5-3-8)16-7-9-6-11(15)14-12(17)13-9/h2-6H,7H2,1H3,(H2,13,14,15,17). The van der Waals surface area contributed by atoms with Crippen molar-refractivity contribution in [2.45, 2.75) is 13.5 Å². The molecule has 1 aromatic carbocycles. The van der Waals surface area contributed by atoms with Gasteiger partial charge in [-0.25, -0.2) is 0 Å². The molecular weight excluding hydrogens is 236 g/mol. The molecule has 5 heteroatoms. The third kappa shape index (κ3) is 3.29. The molecule has 0 fully saturated rings. The number of H-pyrrole nitrogens is 2. The van der Waals surface area contributed by atoms with E-state index >= 15 is 0 Å². The fourth-order valence-corrected chi connectivity index (χ4v) is 1.62. The lowest BCUT2D eigenvalue weighted by molar-refractivity contribution is 0.300. The Labute approximate surface area is 103 Å². The van der Waals surface area contributed by atoms with Gasteiger partial charge in [0.25, 0.3) is 5.56 Å². The normalized spacial score (nSPS) is 10.2. The lowest BCUT2D eigenvalue weighted by Crippen LogP contribution is -2.10. The molecule has 0 amide bonds. The van der Waals surface area contributed by atoms with E-state index in [9.17, 15) is 4.79 Å². The molecule has 0 atom stereocenters. The summed E-state index contributed by atoms with van der Waals surface area (Å²) in [6.45, 7) is 2.30. The summed E-state index contributed by atoms with van der Waals surface area (Å²) in [6, 6.07) is 9.14. The highest BCUT2D eigenvalue weighted by Gasteiger charge is 1.97. The molecule has 2 rings (SSSR count). The maximum absolute atomic E-state index is 11.2. The Morgan fingerprint density at radius 3 is 2.59 bits per heavy atom. The monoisotopic (exact) mass is 248 g/mol. The number of rotatable bonds is 3. The van der Waals surface area contributed by atoms with Gasteiger partial charge in [-0.05, 0) is 31.3 Å². The zero-order valence-electron chi connectivity index (χ0n) is 9.32. The van der Waals surface area contributed by atoms with Crippen LogP contribution >= 0.6 is 12.2 Å². The van der Waals surface area contributed by atoms with Crippen LogP contribution in [0, 0.1) is 11.7 Å². The van der Waals surface area contributed by atoms with Crippen LogP contribution in [0.5, 0.6) is 5.75 Å². The summed E-state index contributed by atoms with van der Waals surface area (Å²) in [4.78, 5) is 16.5. The molecule has 0 radical (unpaired) electrons. The van der Waals surface area contributed by atoms with Gasteiger partial charge < -0.3 is 9.72 Å². The van der Waals surface area contributed by atoms with Crippen LogP contribution in [0.15, 0.2) is 35.1 Å². The minimum atomic E-state index is -0.226. The average Bonchev–Trinajstić information content (AvgIpc) is 2.27. The molecule has 2 aromatic rings. The minimum Gasteiger partial charge on any atom is -0.487 e. The van der Waals surface area contributed by atoms with Gasteiger partial charge in [0.15, 0.2) is 4.77 Å². The molecular formula is C12H12N2O2S. The Kier molecular flexibility index (Phi) is 3.39. The average molecular weight is 248 g/mol. The quantitative estimate of drug-likeness (QED) is 0.819. The number of aromatic nitrogens is 2. The molecule has 0 bridgehead atoms. The van der Waals surface area contributed by atoms with Gasteiger partial charge in [0, 0.05) is 6.07 Å². The second kappa shape index (κ2) is 4.97. The predicted octanol–water partition coefficient (Wildman–Crippen LogP) is 2.32. The van der Waals surface area contributed by atoms with E-state index in [2.05, 4.69) is 9.97 Å². The van der Waals surface area contributed by atoms with Crippen LogP contribution in [0.25, 0.3) is 0 Å². The first kappa shape index (κ1) is 11.6. The second-order valence-electron chi connectivity index (χ2n) is 3.71. The minimum absolute atomic E-state index is 0.226. The maximum Gasteiger partial charge on any atom is 0.251 e. The van der Waals surface area contributed by atoms with E-state index in [4.69, 9.17) is 17.0 Å². The third-order valence-electron chi connectivity index (χ3n) is 2.23. The van der Waals surface area contributed by atoms with Gasteiger partial charge in [0.2, 0.25) is 0 Å². The summed E-state index contributed by atoms with van der Waals surface area (Å²) in [5.41, 5.74) is 1.60. The molecule has 17 heavy (non-hydrogen) atoms. The number of ether oxygens (including phenoxy) is 1. The van der Waals surface area contributed by atoms with Crippen LogP contribution in [0.1, 0.15) is 11.3 Å². The van der Waals surface area contributed by atoms with Gasteiger partial charge in [-0.15, -0.1) is 0 Å². The number of hydrogen-bond donors (Lipinski definition) is 2. The van der Waals surface area contributed by atoms with Crippen molar-refractivity contribution in [1.82, 2.24) is 9.97 Å². The smallest absolute Gasteiger partial charge is 0.251 e. The van der Waals surface area contributed by atoms with Gasteiger partial charge >= 0.3 is 0 Å². The van der Waals surface area contributed by atoms with Gasteiger partial charge in [0.1, 0.15) is 12.4 Å². The fraction of sp³-hybridized carbons (Fsp3) is 0.167. The van der Waals surface area contributed by atoms with Crippen LogP contribution < -0.4 is 10.3 Å². The largest absolute Gasteiger partial charge is 0.487 e. The van der Waals surface area contributed by atoms with E-state index in [1.54, 1.807) is 0 Å². The molecule has 0 saturated heterocycles. The van der Waals surface area contributed by atoms with Crippen molar-refractivity contribution < 1.29 is 4.74 Å². The zero-order valence-corrected chi connectivity index (χ0v) is 10.1. The third-order valence-corrected chi connectivity index (χ3v) is 2.44. The SMILES string of the molecule is Cc1ccc(OCc2cc(=O)[nH]c(=S)[nH]2)cc1. The Bertz CT molecular complexity index is 585. The van der Waals surface area contributed by atoms with E-state index in [0.29, 0.717) is 10.5 Å². The van der Waals surface area contributed by atoms with E-state index in [1.165, 1.54) is 11.6 Å². The van der Waals surface area contributed by atoms with Gasteiger partial charge in [-0.1, -0.05) is 17.7 Å². The van der Waals surface area contributed by atoms with Gasteiger partial charge in [0.05, 0.1) is 5.69 Å². The molecule has 0 unspecified atom stereocenters. The van der Waals surface area contributed by atoms with E-state index in [0.717, 1.165) is 5.75 Å². The number of nitrogens with one attached hydrogen (secondary N) is 2. The molecule has 0 saturated carbocycles. The Balaban J connectivity index is 2.09. The molecule has 0 aliphatic rings. The number of hydrogen-bond acceptors (Lipinski definition) is 3. The van der Waals surface area contributed by atoms with Crippen LogP contribution in [0.3, 0.4) is 0 Å². The summed E-state index contributed by atoms with van der Waals surface area (Å²) < 4.78 is 5.83. The van der Waals surface area contributed by atoms with Crippen molar-refractivity contribution in [3.05, 3.63) is 56.7 Å². The highest BCUT2D eigenvalue weighted by Crippen LogP contribution is 2.12. The summed E-state index contributed by atoms with van der Waals surface area (Å²) in [5, 5.41) is 0. The van der Waals surface area contributed by atoms with Crippen LogP contribution in [-0.4, -0.2) is 9.97 Å². The molecule has 1 heterocycles. The Morgan fingerprint density at radius 1 is 1.24 bits per heavy atom. The lowest BCUT2D eigenvalue weighted by atomic mass is 10.2. The van der Waals surface area contributed by atoms with Crippen molar-refractivity contribution in [3.63, 3.8) is 0 Å². The molecule has 88 valence electrons. The van der Waals surface area contributed by atoms with Gasteiger partial charge in [-0.3, -0.25) is 9.78 Å². The molecule has 1 aromatic heterocycles. The Hall–Kier alpha value is -1.88. The van der Waals surface area contributed by atoms with Crippen molar-refractivity contribution in [3.8, 4) is 5.75 Å². The summed E-state index contributed by atoms with van der Waals surface area (Å²) in [6.07, 6.45) is 0. The zero-order chi connectivity index (χ0) is 12.3. The van der Waals surface area contributed by atoms with E-state index < -0.39 is 0 Å². The topological polar surface area (TPSA) is 57.9 Å². The Morgan fingerprint density at radius 2 is 1.94 bits per heavy atom. The van der Waals surface area contributed by atoms with Crippen molar-refractivity contribution in [2.75, 3.05) is 0 Å². The fourth-order valence-electron chi connectivity index (χ4n) is 1.39. The first-order valence-corrected chi connectivity index (χ1v) is 5.56. The highest BCUT2D eigenvalue weighted by atomic mass is 32.1. The summed E-state index contributed by atoms with van der Waals surface area (Å²) >= 11 is 4.87. The van der Waals surface area contributed by atoms with Gasteiger partial charge in [-0.2, -0.15) is 0 Å². The molecule has 0 aliphatic heterocycles. The number of aromatic amines is 2. The second-order valence-corrected chi connectivity index (χ2v) is 4.12. The van der Waals surface area contributed by atoms with Crippen LogP contribution in [-0.2, 0) is 6.61 Å². The van der Waals surface area contributed by atoms with Crippen molar-refractivity contribution in [2.24, 2.45) is 0 Å². The number of aryl methyl sites for hydroxylation is 1. The predicted molar refractivity (Wildman–Crippen MR) is 67.8 cm³/mol. The summed E-state index contributed by atoms with van der Waals surface area (Å²) in [5.74, 6) is 0.759. The van der Waals surface area contributed by atoms with Crippen molar-refractivity contribution >= 4 is 12.2 Å². The van der Waals surface area contributed by atoms with E-state index in [1.807, 2.05) is 31.2 Å².